The predicted octanol–water partition coefficient (Wildman–Crippen LogP) is 4.19. The Morgan fingerprint density at radius 3 is 2.24 bits per heavy atom. The van der Waals surface area contributed by atoms with Gasteiger partial charge in [0.1, 0.15) is 23.3 Å². The minimum absolute atomic E-state index is 0.0103. The number of rotatable bonds is 7. The number of hydrogen-bond donors (Lipinski definition) is 3. The number of carbonyl (C=O) groups is 3. The molecule has 1 amide bonds. The average Bonchev–Trinajstić information content (AvgIpc) is 3.15. The molecule has 9 nitrogen and oxygen atoms in total. The molecule has 170 valence electrons. The zero-order chi connectivity index (χ0) is 24.2. The second kappa shape index (κ2) is 9.64. The highest BCUT2D eigenvalue weighted by molar-refractivity contribution is 7.99. The number of pyridine rings is 1. The first-order chi connectivity index (χ1) is 16.4. The van der Waals surface area contributed by atoms with Gasteiger partial charge in [0.2, 0.25) is 0 Å². The first-order valence-corrected chi connectivity index (χ1v) is 11.0. The Balaban J connectivity index is 1.54. The van der Waals surface area contributed by atoms with E-state index in [1.807, 2.05) is 48.5 Å². The van der Waals surface area contributed by atoms with Crippen LogP contribution in [0.5, 0.6) is 0 Å². The van der Waals surface area contributed by atoms with Crippen molar-refractivity contribution in [1.29, 1.82) is 5.26 Å². The van der Waals surface area contributed by atoms with Gasteiger partial charge < -0.3 is 14.9 Å². The molecule has 10 heteroatoms. The molecule has 0 spiro atoms. The Morgan fingerprint density at radius 2 is 1.68 bits per heavy atom. The number of carboxylic acid groups (broad SMARTS) is 2. The Bertz CT molecular complexity index is 1310. The van der Waals surface area contributed by atoms with Crippen LogP contribution in [0.1, 0.15) is 33.0 Å². The summed E-state index contributed by atoms with van der Waals surface area (Å²) in [4.78, 5) is 39.1. The van der Waals surface area contributed by atoms with Gasteiger partial charge in [-0.3, -0.25) is 10.1 Å². The summed E-state index contributed by atoms with van der Waals surface area (Å²) in [5, 5.41) is 30.0. The highest BCUT2D eigenvalue weighted by Crippen LogP contribution is 2.44. The van der Waals surface area contributed by atoms with E-state index in [-0.39, 0.29) is 28.9 Å². The summed E-state index contributed by atoms with van der Waals surface area (Å²) in [6, 6.07) is 18.5. The number of nitriles is 1. The molecule has 0 fully saturated rings. The third-order valence-corrected chi connectivity index (χ3v) is 6.21. The summed E-state index contributed by atoms with van der Waals surface area (Å²) in [5.41, 5.74) is 3.65. The maximum atomic E-state index is 12.6. The third kappa shape index (κ3) is 4.55. The van der Waals surface area contributed by atoms with Gasteiger partial charge in [-0.2, -0.15) is 5.26 Å². The number of aromatic nitrogens is 1. The van der Waals surface area contributed by atoms with Gasteiger partial charge in [0.15, 0.2) is 5.82 Å². The lowest BCUT2D eigenvalue weighted by Gasteiger charge is -2.15. The van der Waals surface area contributed by atoms with Crippen molar-refractivity contribution in [3.05, 3.63) is 76.9 Å². The zero-order valence-corrected chi connectivity index (χ0v) is 18.3. The lowest BCUT2D eigenvalue weighted by atomic mass is 9.98. The van der Waals surface area contributed by atoms with Crippen LogP contribution in [0, 0.1) is 11.3 Å². The molecule has 1 aliphatic carbocycles. The first kappa shape index (κ1) is 22.8. The second-order valence-electron chi connectivity index (χ2n) is 7.29. The number of thioether (sulfide) groups is 1. The van der Waals surface area contributed by atoms with Crippen molar-refractivity contribution in [1.82, 2.24) is 4.98 Å². The first-order valence-electron chi connectivity index (χ1n) is 10.0. The Hall–Kier alpha value is -4.36. The average molecular weight is 475 g/mol. The molecule has 2 aromatic carbocycles. The highest BCUT2D eigenvalue weighted by atomic mass is 32.2. The van der Waals surface area contributed by atoms with Gasteiger partial charge in [-0.05, 0) is 28.3 Å². The molecule has 3 aromatic rings. The number of amides is 1. The van der Waals surface area contributed by atoms with Gasteiger partial charge in [-0.1, -0.05) is 60.3 Å². The molecule has 0 atom stereocenters. The van der Waals surface area contributed by atoms with Gasteiger partial charge in [0.05, 0.1) is 11.3 Å². The number of carbonyl (C=O) groups excluding carboxylic acids is 1. The third-order valence-electron chi connectivity index (χ3n) is 5.23. The Labute approximate surface area is 198 Å². The van der Waals surface area contributed by atoms with Crippen molar-refractivity contribution in [2.75, 3.05) is 17.7 Å². The van der Waals surface area contributed by atoms with Gasteiger partial charge >= 0.3 is 18.0 Å². The SMILES string of the molecule is N#Cc1cc(C(=O)O)c(NC(=O)OCC2c3ccccc3-c3ccccc32)nc1SCC(=O)O. The van der Waals surface area contributed by atoms with Crippen LogP contribution in [0.15, 0.2) is 59.6 Å². The van der Waals surface area contributed by atoms with E-state index in [9.17, 15) is 24.8 Å². The van der Waals surface area contributed by atoms with E-state index < -0.39 is 29.3 Å². The molecule has 0 radical (unpaired) electrons. The molecule has 3 N–H and O–H groups in total. The number of aliphatic carboxylic acids is 1. The van der Waals surface area contributed by atoms with Crippen molar-refractivity contribution in [2.24, 2.45) is 0 Å². The monoisotopic (exact) mass is 475 g/mol. The summed E-state index contributed by atoms with van der Waals surface area (Å²) in [6.45, 7) is 0.0131. The number of anilines is 1. The Morgan fingerprint density at radius 1 is 1.06 bits per heavy atom. The molecular formula is C24H17N3O6S. The van der Waals surface area contributed by atoms with E-state index in [1.54, 1.807) is 6.07 Å². The fraction of sp³-hybridized carbons (Fsp3) is 0.125. The predicted molar refractivity (Wildman–Crippen MR) is 123 cm³/mol. The van der Waals surface area contributed by atoms with Crippen LogP contribution in [0.2, 0.25) is 0 Å². The maximum absolute atomic E-state index is 12.6. The van der Waals surface area contributed by atoms with Crippen LogP contribution in [0.25, 0.3) is 11.1 Å². The lowest BCUT2D eigenvalue weighted by Crippen LogP contribution is -2.20. The van der Waals surface area contributed by atoms with Crippen molar-refractivity contribution in [2.45, 2.75) is 10.9 Å². The number of aromatic carboxylic acids is 1. The van der Waals surface area contributed by atoms with Crippen LogP contribution >= 0.6 is 11.8 Å². The smallest absolute Gasteiger partial charge is 0.412 e. The number of hydrogen-bond acceptors (Lipinski definition) is 7. The topological polar surface area (TPSA) is 150 Å². The van der Waals surface area contributed by atoms with E-state index in [0.717, 1.165) is 40.1 Å². The summed E-state index contributed by atoms with van der Waals surface area (Å²) in [7, 11) is 0. The largest absolute Gasteiger partial charge is 0.481 e. The molecule has 0 aliphatic heterocycles. The number of carboxylic acids is 2. The number of ether oxygens (including phenoxy) is 1. The normalized spacial score (nSPS) is 11.7. The van der Waals surface area contributed by atoms with E-state index in [4.69, 9.17) is 9.84 Å². The summed E-state index contributed by atoms with van der Waals surface area (Å²) < 4.78 is 5.42. The molecule has 34 heavy (non-hydrogen) atoms. The fourth-order valence-electron chi connectivity index (χ4n) is 3.81. The lowest BCUT2D eigenvalue weighted by molar-refractivity contribution is -0.133. The molecule has 0 bridgehead atoms. The standard InChI is InChI=1S/C24H17N3O6S/c25-10-13-9-18(23(30)31)21(26-22(13)34-12-20(28)29)27-24(32)33-11-19-16-7-3-1-5-14(16)15-6-2-4-8-17(15)19/h1-9,19H,11-12H2,(H,28,29)(H,30,31)(H,26,27,32). The van der Waals surface area contributed by atoms with Gasteiger partial charge in [0, 0.05) is 5.92 Å². The van der Waals surface area contributed by atoms with E-state index >= 15 is 0 Å². The maximum Gasteiger partial charge on any atom is 0.412 e. The quantitative estimate of drug-likeness (QED) is 0.427. The van der Waals surface area contributed by atoms with Gasteiger partial charge in [-0.15, -0.1) is 0 Å². The van der Waals surface area contributed by atoms with Crippen molar-refractivity contribution in [3.63, 3.8) is 0 Å². The van der Waals surface area contributed by atoms with Crippen LogP contribution in [-0.2, 0) is 9.53 Å². The summed E-state index contributed by atoms with van der Waals surface area (Å²) >= 11 is 0.742. The second-order valence-corrected chi connectivity index (χ2v) is 8.25. The molecule has 1 aromatic heterocycles. The molecule has 0 saturated heterocycles. The fourth-order valence-corrected chi connectivity index (χ4v) is 4.48. The molecule has 0 unspecified atom stereocenters. The van der Waals surface area contributed by atoms with Gasteiger partial charge in [0.25, 0.3) is 0 Å². The van der Waals surface area contributed by atoms with Crippen molar-refractivity contribution in [3.8, 4) is 17.2 Å². The van der Waals surface area contributed by atoms with Crippen LogP contribution in [0.3, 0.4) is 0 Å². The molecule has 0 saturated carbocycles. The zero-order valence-electron chi connectivity index (χ0n) is 17.5. The van der Waals surface area contributed by atoms with Gasteiger partial charge in [-0.25, -0.2) is 14.6 Å². The Kier molecular flexibility index (Phi) is 6.47. The summed E-state index contributed by atoms with van der Waals surface area (Å²) in [5.74, 6) is -3.46. The minimum atomic E-state index is -1.41. The molecule has 1 heterocycles. The van der Waals surface area contributed by atoms with Crippen molar-refractivity contribution >= 4 is 35.6 Å². The number of nitrogens with zero attached hydrogens (tertiary/aromatic N) is 2. The van der Waals surface area contributed by atoms with Crippen molar-refractivity contribution < 1.29 is 29.3 Å². The molecule has 1 aliphatic rings. The molecule has 4 rings (SSSR count). The van der Waals surface area contributed by atoms with E-state index in [0.29, 0.717) is 0 Å². The van der Waals surface area contributed by atoms with Crippen LogP contribution in [-0.4, -0.2) is 45.6 Å². The number of nitrogens with one attached hydrogen (secondary N) is 1. The molecular weight excluding hydrogens is 458 g/mol. The van der Waals surface area contributed by atoms with Crippen LogP contribution in [0.4, 0.5) is 10.6 Å². The van der Waals surface area contributed by atoms with Crippen LogP contribution < -0.4 is 5.32 Å². The summed E-state index contributed by atoms with van der Waals surface area (Å²) in [6.07, 6.45) is -0.921. The van der Waals surface area contributed by atoms with E-state index in [2.05, 4.69) is 10.3 Å². The highest BCUT2D eigenvalue weighted by Gasteiger charge is 2.29. The number of fused-ring (bicyclic) bond motifs is 3. The number of benzene rings is 2. The minimum Gasteiger partial charge on any atom is -0.481 e. The van der Waals surface area contributed by atoms with E-state index in [1.165, 1.54) is 0 Å².